The lowest BCUT2D eigenvalue weighted by Gasteiger charge is -2.18. The summed E-state index contributed by atoms with van der Waals surface area (Å²) in [6, 6.07) is 7.81. The zero-order valence-corrected chi connectivity index (χ0v) is 10.7. The van der Waals surface area contributed by atoms with Crippen molar-refractivity contribution in [2.45, 2.75) is 12.8 Å². The molecule has 2 heterocycles. The van der Waals surface area contributed by atoms with Gasteiger partial charge in [-0.2, -0.15) is 4.98 Å². The number of aromatic nitrogens is 2. The summed E-state index contributed by atoms with van der Waals surface area (Å²) in [5, 5.41) is 0.768. The van der Waals surface area contributed by atoms with Crippen LogP contribution < -0.4 is 10.6 Å². The fourth-order valence-corrected chi connectivity index (χ4v) is 2.55. The average Bonchev–Trinajstić information content (AvgIpc) is 2.67. The number of benzene rings is 1. The van der Waals surface area contributed by atoms with Gasteiger partial charge in [0.15, 0.2) is 0 Å². The van der Waals surface area contributed by atoms with E-state index < -0.39 is 0 Å². The number of fused-ring (bicyclic) bond motifs is 1. The van der Waals surface area contributed by atoms with E-state index in [9.17, 15) is 0 Å². The predicted molar refractivity (Wildman–Crippen MR) is 73.3 cm³/mol. The fraction of sp³-hybridized carbons (Fsp3) is 0.231. The molecule has 0 radical (unpaired) electrons. The summed E-state index contributed by atoms with van der Waals surface area (Å²) < 4.78 is 0. The normalized spacial score (nSPS) is 17.9. The lowest BCUT2D eigenvalue weighted by Crippen LogP contribution is -2.16. The van der Waals surface area contributed by atoms with Crippen LogP contribution in [0.2, 0.25) is 5.02 Å². The Morgan fingerprint density at radius 1 is 1.39 bits per heavy atom. The van der Waals surface area contributed by atoms with Crippen LogP contribution >= 0.6 is 11.6 Å². The van der Waals surface area contributed by atoms with Crippen LogP contribution in [0.4, 0.5) is 17.5 Å². The van der Waals surface area contributed by atoms with E-state index in [-0.39, 0.29) is 0 Å². The Morgan fingerprint density at radius 3 is 3.00 bits per heavy atom. The zero-order valence-electron chi connectivity index (χ0n) is 9.97. The highest BCUT2D eigenvalue weighted by molar-refractivity contribution is 6.30. The molecule has 18 heavy (non-hydrogen) atoms. The molecule has 0 fully saturated rings. The van der Waals surface area contributed by atoms with Crippen molar-refractivity contribution in [2.24, 2.45) is 0 Å². The second-order valence-electron chi connectivity index (χ2n) is 4.49. The minimum Gasteiger partial charge on any atom is -0.368 e. The third-order valence-corrected chi connectivity index (χ3v) is 3.44. The van der Waals surface area contributed by atoms with E-state index in [1.165, 1.54) is 5.56 Å². The van der Waals surface area contributed by atoms with E-state index >= 15 is 0 Å². The van der Waals surface area contributed by atoms with Gasteiger partial charge in [-0.1, -0.05) is 18.5 Å². The first-order valence-electron chi connectivity index (χ1n) is 5.80. The molecule has 4 nitrogen and oxygen atoms in total. The summed E-state index contributed by atoms with van der Waals surface area (Å²) in [4.78, 5) is 10.3. The number of rotatable bonds is 1. The number of nitrogen functional groups attached to an aromatic ring is 1. The minimum absolute atomic E-state index is 0.294. The van der Waals surface area contributed by atoms with Crippen molar-refractivity contribution in [2.75, 3.05) is 17.2 Å². The summed E-state index contributed by atoms with van der Waals surface area (Å²) >= 11 is 6.04. The highest BCUT2D eigenvalue weighted by Crippen LogP contribution is 2.41. The molecule has 0 spiro atoms. The minimum atomic E-state index is 0.294. The number of hydrogen-bond acceptors (Lipinski definition) is 4. The Kier molecular flexibility index (Phi) is 2.59. The molecule has 1 aliphatic heterocycles. The highest BCUT2D eigenvalue weighted by Gasteiger charge is 2.27. The molecule has 0 saturated heterocycles. The molecule has 5 heteroatoms. The van der Waals surface area contributed by atoms with Crippen LogP contribution in [0.5, 0.6) is 0 Å². The fourth-order valence-electron chi connectivity index (χ4n) is 2.37. The quantitative estimate of drug-likeness (QED) is 0.856. The number of nitrogens with two attached hydrogens (primary N) is 1. The first-order chi connectivity index (χ1) is 8.65. The van der Waals surface area contributed by atoms with Gasteiger partial charge in [-0.05, 0) is 29.8 Å². The molecular weight excluding hydrogens is 248 g/mol. The molecule has 0 bridgehead atoms. The van der Waals surface area contributed by atoms with Crippen LogP contribution in [0.15, 0.2) is 30.5 Å². The molecule has 3 rings (SSSR count). The van der Waals surface area contributed by atoms with E-state index in [1.54, 1.807) is 6.20 Å². The van der Waals surface area contributed by atoms with Gasteiger partial charge in [0, 0.05) is 29.4 Å². The molecule has 1 unspecified atom stereocenters. The first-order valence-corrected chi connectivity index (χ1v) is 6.18. The molecule has 1 atom stereocenters. The number of halogens is 1. The van der Waals surface area contributed by atoms with Gasteiger partial charge < -0.3 is 10.6 Å². The third kappa shape index (κ3) is 1.78. The SMILES string of the molecule is CC1CN(c2ccnc(N)n2)c2ccc(Cl)cc21. The van der Waals surface area contributed by atoms with Crippen LogP contribution in [-0.4, -0.2) is 16.5 Å². The Bertz CT molecular complexity index is 599. The van der Waals surface area contributed by atoms with E-state index in [0.717, 1.165) is 23.1 Å². The van der Waals surface area contributed by atoms with Crippen LogP contribution in [0.3, 0.4) is 0 Å². The summed E-state index contributed by atoms with van der Waals surface area (Å²) in [5.74, 6) is 1.55. The van der Waals surface area contributed by atoms with Crippen molar-refractivity contribution >= 4 is 29.1 Å². The van der Waals surface area contributed by atoms with Gasteiger partial charge in [0.05, 0.1) is 0 Å². The summed E-state index contributed by atoms with van der Waals surface area (Å²) in [6.07, 6.45) is 1.68. The van der Waals surface area contributed by atoms with Crippen molar-refractivity contribution in [3.05, 3.63) is 41.0 Å². The van der Waals surface area contributed by atoms with Gasteiger partial charge in [-0.3, -0.25) is 0 Å². The van der Waals surface area contributed by atoms with Gasteiger partial charge in [-0.15, -0.1) is 0 Å². The summed E-state index contributed by atoms with van der Waals surface area (Å²) in [6.45, 7) is 3.06. The third-order valence-electron chi connectivity index (χ3n) is 3.20. The Hall–Kier alpha value is -1.81. The molecule has 1 aromatic heterocycles. The lowest BCUT2D eigenvalue weighted by molar-refractivity contribution is 0.807. The molecule has 92 valence electrons. The van der Waals surface area contributed by atoms with E-state index in [2.05, 4.69) is 21.8 Å². The maximum absolute atomic E-state index is 6.04. The summed E-state index contributed by atoms with van der Waals surface area (Å²) in [7, 11) is 0. The van der Waals surface area contributed by atoms with E-state index in [1.807, 2.05) is 24.3 Å². The largest absolute Gasteiger partial charge is 0.368 e. The van der Waals surface area contributed by atoms with Crippen molar-refractivity contribution < 1.29 is 0 Å². The molecular formula is C13H13ClN4. The monoisotopic (exact) mass is 260 g/mol. The molecule has 0 amide bonds. The van der Waals surface area contributed by atoms with Gasteiger partial charge in [0.2, 0.25) is 5.95 Å². The molecule has 0 aliphatic carbocycles. The van der Waals surface area contributed by atoms with Crippen LogP contribution in [0.1, 0.15) is 18.4 Å². The topological polar surface area (TPSA) is 55.0 Å². The van der Waals surface area contributed by atoms with Gasteiger partial charge in [0.1, 0.15) is 5.82 Å². The standard InChI is InChI=1S/C13H13ClN4/c1-8-7-18(12-4-5-16-13(15)17-12)11-3-2-9(14)6-10(8)11/h2-6,8H,7H2,1H3,(H2,15,16,17). The van der Waals surface area contributed by atoms with Gasteiger partial charge >= 0.3 is 0 Å². The molecule has 0 saturated carbocycles. The van der Waals surface area contributed by atoms with Crippen LogP contribution in [-0.2, 0) is 0 Å². The average molecular weight is 261 g/mol. The van der Waals surface area contributed by atoms with Crippen molar-refractivity contribution in [3.63, 3.8) is 0 Å². The van der Waals surface area contributed by atoms with Crippen molar-refractivity contribution in [1.82, 2.24) is 9.97 Å². The molecule has 2 aromatic rings. The van der Waals surface area contributed by atoms with Crippen LogP contribution in [0, 0.1) is 0 Å². The number of hydrogen-bond donors (Lipinski definition) is 1. The second kappa shape index (κ2) is 4.14. The van der Waals surface area contributed by atoms with Gasteiger partial charge in [0.25, 0.3) is 0 Å². The number of nitrogens with zero attached hydrogens (tertiary/aromatic N) is 3. The Morgan fingerprint density at radius 2 is 2.22 bits per heavy atom. The molecule has 2 N–H and O–H groups in total. The van der Waals surface area contributed by atoms with Gasteiger partial charge in [-0.25, -0.2) is 4.98 Å². The predicted octanol–water partition coefficient (Wildman–Crippen LogP) is 2.97. The Labute approximate surface area is 110 Å². The maximum atomic E-state index is 6.04. The molecule has 1 aliphatic rings. The number of anilines is 3. The molecule has 1 aromatic carbocycles. The van der Waals surface area contributed by atoms with Crippen molar-refractivity contribution in [3.8, 4) is 0 Å². The zero-order chi connectivity index (χ0) is 12.7. The van der Waals surface area contributed by atoms with Crippen LogP contribution in [0.25, 0.3) is 0 Å². The summed E-state index contributed by atoms with van der Waals surface area (Å²) in [5.41, 5.74) is 8.03. The maximum Gasteiger partial charge on any atom is 0.221 e. The van der Waals surface area contributed by atoms with E-state index in [4.69, 9.17) is 17.3 Å². The lowest BCUT2D eigenvalue weighted by atomic mass is 10.0. The Balaban J connectivity index is 2.08. The highest BCUT2D eigenvalue weighted by atomic mass is 35.5. The second-order valence-corrected chi connectivity index (χ2v) is 4.92. The van der Waals surface area contributed by atoms with E-state index in [0.29, 0.717) is 11.9 Å². The smallest absolute Gasteiger partial charge is 0.221 e. The van der Waals surface area contributed by atoms with Crippen molar-refractivity contribution in [1.29, 1.82) is 0 Å². The first kappa shape index (κ1) is 11.3.